The Kier molecular flexibility index (Phi) is 6.61. The topological polar surface area (TPSA) is 150 Å². The van der Waals surface area contributed by atoms with Crippen LogP contribution in [-0.2, 0) is 4.74 Å². The average molecular weight is 541 g/mol. The molecule has 3 aromatic heterocycles. The monoisotopic (exact) mass is 540 g/mol. The van der Waals surface area contributed by atoms with Crippen molar-refractivity contribution in [1.82, 2.24) is 30.1 Å². The Bertz CT molecular complexity index is 1530. The predicted molar refractivity (Wildman–Crippen MR) is 143 cm³/mol. The number of amides is 2. The van der Waals surface area contributed by atoms with Crippen LogP contribution >= 0.6 is 11.6 Å². The van der Waals surface area contributed by atoms with Crippen LogP contribution in [0.1, 0.15) is 56.1 Å². The van der Waals surface area contributed by atoms with Crippen molar-refractivity contribution in [3.63, 3.8) is 0 Å². The first kappa shape index (κ1) is 25.7. The second-order valence-corrected chi connectivity index (χ2v) is 10.7. The molecule has 1 saturated heterocycles. The van der Waals surface area contributed by atoms with Crippen LogP contribution in [0.5, 0.6) is 0 Å². The number of carbonyl (C=O) groups is 2. The number of H-pyrrole nitrogens is 1. The Balaban J connectivity index is 1.50. The van der Waals surface area contributed by atoms with Gasteiger partial charge in [0.05, 0.1) is 34.6 Å². The summed E-state index contributed by atoms with van der Waals surface area (Å²) in [5.41, 5.74) is 1.93. The lowest BCUT2D eigenvalue weighted by atomic mass is 10.0. The van der Waals surface area contributed by atoms with E-state index in [0.29, 0.717) is 24.5 Å². The van der Waals surface area contributed by atoms with E-state index in [-0.39, 0.29) is 17.0 Å². The number of β-amino-alcohol motifs (C(OH)–C–C–N with tert-alkyl or cyclic N) is 1. The first-order valence-corrected chi connectivity index (χ1v) is 12.6. The van der Waals surface area contributed by atoms with Gasteiger partial charge >= 0.3 is 6.09 Å². The van der Waals surface area contributed by atoms with E-state index in [2.05, 4.69) is 35.8 Å². The van der Waals surface area contributed by atoms with Crippen LogP contribution in [-0.4, -0.2) is 66.7 Å². The quantitative estimate of drug-likeness (QED) is 0.299. The molecule has 38 heavy (non-hydrogen) atoms. The number of hydrogen-bond donors (Lipinski definition) is 4. The number of benzene rings is 1. The number of nitrogens with one attached hydrogen (secondary N) is 3. The highest BCUT2D eigenvalue weighted by Gasteiger charge is 2.30. The molecule has 0 radical (unpaired) electrons. The van der Waals surface area contributed by atoms with Crippen molar-refractivity contribution in [1.29, 1.82) is 0 Å². The van der Waals surface area contributed by atoms with Crippen molar-refractivity contribution in [2.45, 2.75) is 51.9 Å². The summed E-state index contributed by atoms with van der Waals surface area (Å²) < 4.78 is 6.76. The van der Waals surface area contributed by atoms with Crippen molar-refractivity contribution < 1.29 is 19.4 Å². The van der Waals surface area contributed by atoms with Gasteiger partial charge in [0.15, 0.2) is 11.5 Å². The molecular formula is C25H29ClN8O4. The van der Waals surface area contributed by atoms with Gasteiger partial charge in [0.25, 0.3) is 5.91 Å². The van der Waals surface area contributed by atoms with Gasteiger partial charge in [-0.05, 0) is 46.2 Å². The first-order chi connectivity index (χ1) is 18.0. The zero-order valence-corrected chi connectivity index (χ0v) is 22.2. The Morgan fingerprint density at radius 3 is 2.84 bits per heavy atom. The number of carbonyl (C=O) groups excluding carboxylic acids is 2. The normalized spacial score (nSPS) is 16.7. The molecule has 2 unspecified atom stereocenters. The van der Waals surface area contributed by atoms with Crippen LogP contribution in [0, 0.1) is 0 Å². The molecule has 5 rings (SSSR count). The fourth-order valence-corrected chi connectivity index (χ4v) is 4.88. The molecule has 13 heteroatoms. The van der Waals surface area contributed by atoms with Crippen LogP contribution in [0.2, 0.25) is 5.02 Å². The summed E-state index contributed by atoms with van der Waals surface area (Å²) >= 11 is 6.58. The van der Waals surface area contributed by atoms with Crippen LogP contribution in [0.4, 0.5) is 16.3 Å². The van der Waals surface area contributed by atoms with Crippen molar-refractivity contribution in [2.75, 3.05) is 23.3 Å². The SMILES string of the molecule is CC(NC(=O)c1c(NC(=O)OC(C)(C)C)nn2cccnc12)c1cc(Cl)c2cn[nH]c2c1N1CCC(O)C1. The lowest BCUT2D eigenvalue weighted by molar-refractivity contribution is 0.0635. The molecule has 4 aromatic rings. The van der Waals surface area contributed by atoms with E-state index in [0.717, 1.165) is 22.2 Å². The molecule has 12 nitrogen and oxygen atoms in total. The van der Waals surface area contributed by atoms with E-state index in [1.54, 1.807) is 45.3 Å². The number of fused-ring (bicyclic) bond motifs is 2. The minimum absolute atomic E-state index is 0.0209. The predicted octanol–water partition coefficient (Wildman–Crippen LogP) is 3.67. The van der Waals surface area contributed by atoms with Crippen LogP contribution in [0.15, 0.2) is 30.7 Å². The summed E-state index contributed by atoms with van der Waals surface area (Å²) in [4.78, 5) is 32.5. The zero-order chi connectivity index (χ0) is 27.2. The number of aromatic nitrogens is 5. The summed E-state index contributed by atoms with van der Waals surface area (Å²) in [7, 11) is 0. The second-order valence-electron chi connectivity index (χ2n) is 10.3. The molecule has 0 bridgehead atoms. The van der Waals surface area contributed by atoms with Crippen molar-refractivity contribution in [3.8, 4) is 0 Å². The van der Waals surface area contributed by atoms with E-state index < -0.39 is 29.7 Å². The van der Waals surface area contributed by atoms with Gasteiger partial charge in [-0.2, -0.15) is 5.10 Å². The van der Waals surface area contributed by atoms with Gasteiger partial charge in [-0.1, -0.05) is 11.6 Å². The largest absolute Gasteiger partial charge is 0.444 e. The number of hydrogen-bond acceptors (Lipinski definition) is 8. The maximum absolute atomic E-state index is 13.7. The number of aromatic amines is 1. The molecule has 0 aliphatic carbocycles. The number of halogens is 1. The van der Waals surface area contributed by atoms with Crippen LogP contribution in [0.25, 0.3) is 16.6 Å². The number of rotatable bonds is 5. The molecule has 1 aliphatic heterocycles. The number of aliphatic hydroxyl groups is 1. The minimum atomic E-state index is -0.741. The molecule has 1 fully saturated rings. The lowest BCUT2D eigenvalue weighted by Gasteiger charge is -2.26. The highest BCUT2D eigenvalue weighted by atomic mass is 35.5. The molecule has 1 aliphatic rings. The summed E-state index contributed by atoms with van der Waals surface area (Å²) in [5.74, 6) is -0.474. The van der Waals surface area contributed by atoms with Gasteiger partial charge in [0.1, 0.15) is 11.2 Å². The van der Waals surface area contributed by atoms with Gasteiger partial charge < -0.3 is 20.1 Å². The Labute approximate surface area is 223 Å². The third-order valence-corrected chi connectivity index (χ3v) is 6.54. The van der Waals surface area contributed by atoms with Crippen LogP contribution in [0.3, 0.4) is 0 Å². The van der Waals surface area contributed by atoms with Gasteiger partial charge in [-0.25, -0.2) is 14.3 Å². The number of nitrogens with zero attached hydrogens (tertiary/aromatic N) is 5. The van der Waals surface area contributed by atoms with E-state index in [1.807, 2.05) is 6.92 Å². The molecule has 2 atom stereocenters. The van der Waals surface area contributed by atoms with Crippen molar-refractivity contribution >= 4 is 51.7 Å². The number of ether oxygens (including phenoxy) is 1. The average Bonchev–Trinajstić information content (AvgIpc) is 3.56. The maximum Gasteiger partial charge on any atom is 0.413 e. The Morgan fingerprint density at radius 1 is 1.34 bits per heavy atom. The highest BCUT2D eigenvalue weighted by Crippen LogP contribution is 2.39. The van der Waals surface area contributed by atoms with E-state index >= 15 is 0 Å². The molecule has 0 spiro atoms. The van der Waals surface area contributed by atoms with Crippen molar-refractivity contribution in [3.05, 3.63) is 46.9 Å². The fourth-order valence-electron chi connectivity index (χ4n) is 4.62. The summed E-state index contributed by atoms with van der Waals surface area (Å²) in [5, 5.41) is 28.5. The fraction of sp³-hybridized carbons (Fsp3) is 0.400. The summed E-state index contributed by atoms with van der Waals surface area (Å²) in [6.45, 7) is 8.16. The standard InChI is InChI=1S/C25H29ClN8O4/c1-13(15-10-17(26)16-11-28-31-19(16)20(15)33-9-6-14(35)12-33)29-23(36)18-21(30-24(37)38-25(2,3)4)32-34-8-5-7-27-22(18)34/h5,7-8,10-11,13-14,35H,6,9,12H2,1-4H3,(H,28,31)(H,29,36)(H,30,32,37). The molecular weight excluding hydrogens is 512 g/mol. The number of anilines is 2. The number of aliphatic hydroxyl groups excluding tert-OH is 1. The lowest BCUT2D eigenvalue weighted by Crippen LogP contribution is -2.31. The van der Waals surface area contributed by atoms with Gasteiger partial charge in [0.2, 0.25) is 0 Å². The van der Waals surface area contributed by atoms with Crippen LogP contribution < -0.4 is 15.5 Å². The Hall–Kier alpha value is -3.90. The summed E-state index contributed by atoms with van der Waals surface area (Å²) in [6, 6.07) is 2.95. The van der Waals surface area contributed by atoms with E-state index in [9.17, 15) is 14.7 Å². The molecule has 200 valence electrons. The molecule has 4 N–H and O–H groups in total. The zero-order valence-electron chi connectivity index (χ0n) is 21.4. The third-order valence-electron chi connectivity index (χ3n) is 6.22. The van der Waals surface area contributed by atoms with Gasteiger partial charge in [0, 0.05) is 36.4 Å². The van der Waals surface area contributed by atoms with Crippen molar-refractivity contribution in [2.24, 2.45) is 0 Å². The second kappa shape index (κ2) is 9.76. The van der Waals surface area contributed by atoms with Gasteiger partial charge in [-0.3, -0.25) is 15.2 Å². The molecule has 4 heterocycles. The van der Waals surface area contributed by atoms with Gasteiger partial charge in [-0.15, -0.1) is 5.10 Å². The molecule has 2 amide bonds. The highest BCUT2D eigenvalue weighted by molar-refractivity contribution is 6.36. The van der Waals surface area contributed by atoms with E-state index in [1.165, 1.54) is 10.7 Å². The molecule has 1 aromatic carbocycles. The Morgan fingerprint density at radius 2 is 2.13 bits per heavy atom. The maximum atomic E-state index is 13.7. The van der Waals surface area contributed by atoms with E-state index in [4.69, 9.17) is 16.3 Å². The minimum Gasteiger partial charge on any atom is -0.444 e. The smallest absolute Gasteiger partial charge is 0.413 e. The summed E-state index contributed by atoms with van der Waals surface area (Å²) in [6.07, 6.45) is 4.26. The first-order valence-electron chi connectivity index (χ1n) is 12.2. The third kappa shape index (κ3) is 4.96. The molecule has 0 saturated carbocycles.